The smallest absolute Gasteiger partial charge is 0.290 e. The molecule has 0 unspecified atom stereocenters. The van der Waals surface area contributed by atoms with Crippen LogP contribution in [0, 0.1) is 0 Å². The Bertz CT molecular complexity index is 477. The van der Waals surface area contributed by atoms with Crippen LogP contribution >= 0.6 is 0 Å². The van der Waals surface area contributed by atoms with E-state index < -0.39 is 23.8 Å². The Labute approximate surface area is 123 Å². The third kappa shape index (κ3) is 2.91. The van der Waals surface area contributed by atoms with Crippen LogP contribution in [0.4, 0.5) is 0 Å². The molecule has 116 valence electrons. The minimum atomic E-state index is -0.610. The van der Waals surface area contributed by atoms with E-state index in [1.807, 2.05) is 0 Å². The molecule has 21 heavy (non-hydrogen) atoms. The van der Waals surface area contributed by atoms with Crippen molar-refractivity contribution in [2.75, 3.05) is 20.1 Å². The number of nitrogens with one attached hydrogen (secondary N) is 1. The van der Waals surface area contributed by atoms with Crippen molar-refractivity contribution in [3.05, 3.63) is 0 Å². The Hall–Kier alpha value is -1.92. The highest BCUT2D eigenvalue weighted by Crippen LogP contribution is 2.25. The van der Waals surface area contributed by atoms with Crippen LogP contribution < -0.4 is 5.32 Å². The zero-order chi connectivity index (χ0) is 15.6. The fourth-order valence-electron chi connectivity index (χ4n) is 3.13. The van der Waals surface area contributed by atoms with Gasteiger partial charge >= 0.3 is 0 Å². The van der Waals surface area contributed by atoms with E-state index in [4.69, 9.17) is 0 Å². The lowest BCUT2D eigenvalue weighted by Crippen LogP contribution is -2.53. The highest BCUT2D eigenvalue weighted by atomic mass is 16.2. The normalized spacial score (nSPS) is 25.0. The van der Waals surface area contributed by atoms with E-state index in [0.29, 0.717) is 32.4 Å². The van der Waals surface area contributed by atoms with Gasteiger partial charge in [0, 0.05) is 27.1 Å². The lowest BCUT2D eigenvalue weighted by Gasteiger charge is -2.30. The summed E-state index contributed by atoms with van der Waals surface area (Å²) in [4.78, 5) is 50.5. The van der Waals surface area contributed by atoms with Crippen molar-refractivity contribution in [3.8, 4) is 0 Å². The molecule has 0 bridgehead atoms. The third-order valence-corrected chi connectivity index (χ3v) is 4.18. The summed E-state index contributed by atoms with van der Waals surface area (Å²) in [5, 5.41) is 2.57. The zero-order valence-electron chi connectivity index (χ0n) is 12.4. The molecular formula is C14H21N3O4. The number of nitrogens with zero attached hydrogens (tertiary/aromatic N) is 2. The van der Waals surface area contributed by atoms with Gasteiger partial charge in [-0.05, 0) is 25.7 Å². The van der Waals surface area contributed by atoms with E-state index in [-0.39, 0.29) is 11.8 Å². The molecule has 2 rings (SSSR count). The second-order valence-corrected chi connectivity index (χ2v) is 5.52. The standard InChI is InChI=1S/C14H21N3O4/c1-9(18)13(20)17-8-4-6-11(17)14(21)16-7-3-5-10(16)12(19)15-2/h10-11H,3-8H2,1-2H3,(H,15,19)/t10-,11-/m0/s1. The van der Waals surface area contributed by atoms with Crippen molar-refractivity contribution in [2.24, 2.45) is 0 Å². The molecule has 2 aliphatic rings. The molecule has 0 radical (unpaired) electrons. The average Bonchev–Trinajstić information content (AvgIpc) is 3.13. The molecular weight excluding hydrogens is 274 g/mol. The molecule has 2 heterocycles. The number of hydrogen-bond acceptors (Lipinski definition) is 4. The monoisotopic (exact) mass is 295 g/mol. The average molecular weight is 295 g/mol. The maximum Gasteiger partial charge on any atom is 0.290 e. The third-order valence-electron chi connectivity index (χ3n) is 4.18. The van der Waals surface area contributed by atoms with E-state index >= 15 is 0 Å². The number of likely N-dealkylation sites (N-methyl/N-ethyl adjacent to an activating group) is 1. The summed E-state index contributed by atoms with van der Waals surface area (Å²) in [6.07, 6.45) is 2.67. The highest BCUT2D eigenvalue weighted by Gasteiger charge is 2.42. The Balaban J connectivity index is 2.13. The van der Waals surface area contributed by atoms with E-state index in [0.717, 1.165) is 6.42 Å². The van der Waals surface area contributed by atoms with Gasteiger partial charge < -0.3 is 15.1 Å². The van der Waals surface area contributed by atoms with Crippen LogP contribution in [-0.2, 0) is 19.2 Å². The first-order valence-corrected chi connectivity index (χ1v) is 7.31. The summed E-state index contributed by atoms with van der Waals surface area (Å²) in [5.41, 5.74) is 0. The zero-order valence-corrected chi connectivity index (χ0v) is 12.4. The summed E-state index contributed by atoms with van der Waals surface area (Å²) in [7, 11) is 1.55. The Morgan fingerprint density at radius 1 is 0.952 bits per heavy atom. The summed E-state index contributed by atoms with van der Waals surface area (Å²) in [6, 6.07) is -1.07. The molecule has 0 aliphatic carbocycles. The molecule has 7 nitrogen and oxygen atoms in total. The largest absolute Gasteiger partial charge is 0.357 e. The molecule has 3 amide bonds. The molecule has 2 aliphatic heterocycles. The molecule has 0 spiro atoms. The van der Waals surface area contributed by atoms with Crippen molar-refractivity contribution in [3.63, 3.8) is 0 Å². The summed E-state index contributed by atoms with van der Waals surface area (Å²) in [5.74, 6) is -1.56. The molecule has 2 fully saturated rings. The van der Waals surface area contributed by atoms with Crippen LogP contribution in [0.25, 0.3) is 0 Å². The van der Waals surface area contributed by atoms with Gasteiger partial charge in [-0.3, -0.25) is 19.2 Å². The van der Waals surface area contributed by atoms with Crippen molar-refractivity contribution in [2.45, 2.75) is 44.7 Å². The summed E-state index contributed by atoms with van der Waals surface area (Å²) >= 11 is 0. The van der Waals surface area contributed by atoms with Gasteiger partial charge in [0.05, 0.1) is 0 Å². The van der Waals surface area contributed by atoms with E-state index in [2.05, 4.69) is 5.32 Å². The topological polar surface area (TPSA) is 86.8 Å². The summed E-state index contributed by atoms with van der Waals surface area (Å²) in [6.45, 7) is 2.16. The Kier molecular flexibility index (Phi) is 4.59. The predicted molar refractivity (Wildman–Crippen MR) is 74.2 cm³/mol. The minimum Gasteiger partial charge on any atom is -0.357 e. The SMILES string of the molecule is CNC(=O)[C@@H]1CCCN1C(=O)[C@@H]1CCCN1C(=O)C(C)=O. The van der Waals surface area contributed by atoms with Gasteiger partial charge in [0.15, 0.2) is 0 Å². The van der Waals surface area contributed by atoms with Gasteiger partial charge in [-0.15, -0.1) is 0 Å². The lowest BCUT2D eigenvalue weighted by molar-refractivity contribution is -0.150. The quantitative estimate of drug-likeness (QED) is 0.698. The number of ketones is 1. The maximum absolute atomic E-state index is 12.7. The van der Waals surface area contributed by atoms with E-state index in [9.17, 15) is 19.2 Å². The fraction of sp³-hybridized carbons (Fsp3) is 0.714. The van der Waals surface area contributed by atoms with Gasteiger partial charge in [-0.25, -0.2) is 0 Å². The van der Waals surface area contributed by atoms with Gasteiger partial charge in [-0.2, -0.15) is 0 Å². The van der Waals surface area contributed by atoms with Gasteiger partial charge in [0.2, 0.25) is 17.6 Å². The second-order valence-electron chi connectivity index (χ2n) is 5.52. The molecule has 7 heteroatoms. The number of likely N-dealkylation sites (tertiary alicyclic amines) is 2. The first-order chi connectivity index (χ1) is 9.97. The number of amides is 3. The van der Waals surface area contributed by atoms with Crippen LogP contribution in [0.15, 0.2) is 0 Å². The molecule has 0 aromatic carbocycles. The van der Waals surface area contributed by atoms with Crippen LogP contribution in [0.5, 0.6) is 0 Å². The van der Waals surface area contributed by atoms with Crippen LogP contribution in [-0.4, -0.2) is 65.5 Å². The molecule has 0 aromatic heterocycles. The molecule has 2 atom stereocenters. The van der Waals surface area contributed by atoms with Crippen molar-refractivity contribution < 1.29 is 19.2 Å². The molecule has 0 saturated carbocycles. The van der Waals surface area contributed by atoms with Crippen LogP contribution in [0.3, 0.4) is 0 Å². The number of carbonyl (C=O) groups is 4. The van der Waals surface area contributed by atoms with Crippen LogP contribution in [0.2, 0.25) is 0 Å². The predicted octanol–water partition coefficient (Wildman–Crippen LogP) is -0.697. The van der Waals surface area contributed by atoms with Crippen molar-refractivity contribution in [1.82, 2.24) is 15.1 Å². The van der Waals surface area contributed by atoms with E-state index in [1.54, 1.807) is 11.9 Å². The Morgan fingerprint density at radius 2 is 1.52 bits per heavy atom. The fourth-order valence-corrected chi connectivity index (χ4v) is 3.13. The molecule has 1 N–H and O–H groups in total. The Morgan fingerprint density at radius 3 is 2.10 bits per heavy atom. The lowest BCUT2D eigenvalue weighted by atomic mass is 10.1. The van der Waals surface area contributed by atoms with Crippen molar-refractivity contribution in [1.29, 1.82) is 0 Å². The van der Waals surface area contributed by atoms with Gasteiger partial charge in [0.1, 0.15) is 12.1 Å². The van der Waals surface area contributed by atoms with Crippen LogP contribution in [0.1, 0.15) is 32.6 Å². The first-order valence-electron chi connectivity index (χ1n) is 7.31. The first kappa shape index (κ1) is 15.5. The maximum atomic E-state index is 12.7. The number of hydrogen-bond donors (Lipinski definition) is 1. The number of carbonyl (C=O) groups excluding carboxylic acids is 4. The highest BCUT2D eigenvalue weighted by molar-refractivity contribution is 6.35. The van der Waals surface area contributed by atoms with Crippen molar-refractivity contribution >= 4 is 23.5 Å². The molecule has 2 saturated heterocycles. The number of Topliss-reactive ketones (excluding diaryl/α,β-unsaturated/α-hetero) is 1. The molecule has 0 aromatic rings. The van der Waals surface area contributed by atoms with Gasteiger partial charge in [0.25, 0.3) is 5.91 Å². The van der Waals surface area contributed by atoms with Gasteiger partial charge in [-0.1, -0.05) is 0 Å². The minimum absolute atomic E-state index is 0.178. The number of rotatable bonds is 3. The van der Waals surface area contributed by atoms with E-state index in [1.165, 1.54) is 11.8 Å². The second kappa shape index (κ2) is 6.24. The summed E-state index contributed by atoms with van der Waals surface area (Å²) < 4.78 is 0.